The number of aromatic hydroxyl groups is 1. The van der Waals surface area contributed by atoms with Crippen LogP contribution in [0.4, 0.5) is 0 Å². The van der Waals surface area contributed by atoms with Crippen LogP contribution in [0.2, 0.25) is 0 Å². The quantitative estimate of drug-likeness (QED) is 0.834. The Morgan fingerprint density at radius 2 is 2.14 bits per heavy atom. The first-order valence-electron chi connectivity index (χ1n) is 7.62. The number of carbonyl (C=O) groups is 1. The van der Waals surface area contributed by atoms with Gasteiger partial charge in [-0.25, -0.2) is 4.79 Å². The average molecular weight is 302 g/mol. The Balaban J connectivity index is 2.05. The average Bonchev–Trinajstić information content (AvgIpc) is 3.21. The smallest absolute Gasteiger partial charge is 0.340 e. The van der Waals surface area contributed by atoms with Crippen molar-refractivity contribution in [2.75, 3.05) is 20.7 Å². The van der Waals surface area contributed by atoms with Crippen LogP contribution in [0.5, 0.6) is 5.75 Å². The maximum absolute atomic E-state index is 12.5. The molecule has 0 saturated heterocycles. The Bertz CT molecular complexity index is 714. The molecule has 2 N–H and O–H groups in total. The third-order valence-corrected chi connectivity index (χ3v) is 4.06. The van der Waals surface area contributed by atoms with E-state index in [9.17, 15) is 9.90 Å². The number of ether oxygens (including phenoxy) is 1. The van der Waals surface area contributed by atoms with Crippen molar-refractivity contribution < 1.29 is 14.6 Å². The van der Waals surface area contributed by atoms with Gasteiger partial charge in [0.05, 0.1) is 12.2 Å². The normalized spacial score (nSPS) is 14.7. The molecule has 0 radical (unpaired) electrons. The summed E-state index contributed by atoms with van der Waals surface area (Å²) in [6, 6.07) is 3.46. The second-order valence-electron chi connectivity index (χ2n) is 6.39. The van der Waals surface area contributed by atoms with E-state index in [4.69, 9.17) is 4.74 Å². The number of nitrogens with one attached hydrogen (secondary N) is 1. The lowest BCUT2D eigenvalue weighted by Crippen LogP contribution is -2.13. The number of esters is 1. The van der Waals surface area contributed by atoms with Gasteiger partial charge in [-0.3, -0.25) is 0 Å². The van der Waals surface area contributed by atoms with Crippen molar-refractivity contribution in [3.63, 3.8) is 0 Å². The highest BCUT2D eigenvalue weighted by Crippen LogP contribution is 2.34. The topological polar surface area (TPSA) is 65.6 Å². The maximum Gasteiger partial charge on any atom is 0.340 e. The minimum atomic E-state index is -0.304. The Hall–Kier alpha value is -2.01. The monoisotopic (exact) mass is 302 g/mol. The first kappa shape index (κ1) is 14.9. The predicted octanol–water partition coefficient (Wildman–Crippen LogP) is 2.81. The maximum atomic E-state index is 12.5. The van der Waals surface area contributed by atoms with Crippen molar-refractivity contribution in [2.45, 2.75) is 26.3 Å². The van der Waals surface area contributed by atoms with Crippen LogP contribution in [0.3, 0.4) is 0 Å². The van der Waals surface area contributed by atoms with E-state index in [1.165, 1.54) is 0 Å². The second kappa shape index (κ2) is 5.65. The summed E-state index contributed by atoms with van der Waals surface area (Å²) in [4.78, 5) is 17.7. The molecule has 1 aromatic carbocycles. The fourth-order valence-electron chi connectivity index (χ4n) is 2.76. The number of hydrogen-bond acceptors (Lipinski definition) is 4. The van der Waals surface area contributed by atoms with Crippen LogP contribution in [0, 0.1) is 12.8 Å². The van der Waals surface area contributed by atoms with Gasteiger partial charge in [0.2, 0.25) is 0 Å². The standard InChI is InChI=1S/C17H22N2O3/c1-10-15(17(21)22-9-11-4-5-11)16-12(8-19(2)3)14(20)7-6-13(16)18-10/h6-7,11,18,20H,4-5,8-9H2,1-3H3. The molecule has 0 spiro atoms. The van der Waals surface area contributed by atoms with Gasteiger partial charge in [0.1, 0.15) is 5.75 Å². The van der Waals surface area contributed by atoms with Crippen molar-refractivity contribution in [3.05, 3.63) is 29.0 Å². The summed E-state index contributed by atoms with van der Waals surface area (Å²) in [5.41, 5.74) is 2.93. The number of rotatable bonds is 5. The van der Waals surface area contributed by atoms with Crippen LogP contribution in [-0.4, -0.2) is 41.7 Å². The lowest BCUT2D eigenvalue weighted by molar-refractivity contribution is 0.0487. The third-order valence-electron chi connectivity index (χ3n) is 4.06. The molecule has 0 aliphatic heterocycles. The number of carbonyl (C=O) groups excluding carboxylic acids is 1. The van der Waals surface area contributed by atoms with E-state index in [0.717, 1.165) is 35.0 Å². The first-order chi connectivity index (χ1) is 10.5. The van der Waals surface area contributed by atoms with E-state index in [-0.39, 0.29) is 11.7 Å². The molecule has 1 aliphatic rings. The Morgan fingerprint density at radius 1 is 1.41 bits per heavy atom. The molecule has 22 heavy (non-hydrogen) atoms. The fourth-order valence-corrected chi connectivity index (χ4v) is 2.76. The first-order valence-corrected chi connectivity index (χ1v) is 7.62. The van der Waals surface area contributed by atoms with Gasteiger partial charge < -0.3 is 19.7 Å². The van der Waals surface area contributed by atoms with Gasteiger partial charge in [-0.05, 0) is 51.9 Å². The molecule has 2 aromatic rings. The minimum Gasteiger partial charge on any atom is -0.508 e. The minimum absolute atomic E-state index is 0.205. The highest BCUT2D eigenvalue weighted by atomic mass is 16.5. The number of nitrogens with zero attached hydrogens (tertiary/aromatic N) is 1. The van der Waals surface area contributed by atoms with E-state index in [1.54, 1.807) is 12.1 Å². The molecule has 5 nitrogen and oxygen atoms in total. The van der Waals surface area contributed by atoms with Crippen LogP contribution in [0.25, 0.3) is 10.9 Å². The SMILES string of the molecule is Cc1[nH]c2ccc(O)c(CN(C)C)c2c1C(=O)OCC1CC1. The van der Waals surface area contributed by atoms with Gasteiger partial charge in [0.25, 0.3) is 0 Å². The van der Waals surface area contributed by atoms with Gasteiger partial charge >= 0.3 is 5.97 Å². The molecule has 0 unspecified atom stereocenters. The van der Waals surface area contributed by atoms with Crippen molar-refractivity contribution >= 4 is 16.9 Å². The summed E-state index contributed by atoms with van der Waals surface area (Å²) in [5.74, 6) is 0.432. The summed E-state index contributed by atoms with van der Waals surface area (Å²) in [6.07, 6.45) is 2.29. The summed E-state index contributed by atoms with van der Waals surface area (Å²) >= 11 is 0. The van der Waals surface area contributed by atoms with Gasteiger partial charge in [-0.2, -0.15) is 0 Å². The van der Waals surface area contributed by atoms with E-state index < -0.39 is 0 Å². The van der Waals surface area contributed by atoms with Crippen LogP contribution >= 0.6 is 0 Å². The summed E-state index contributed by atoms with van der Waals surface area (Å²) < 4.78 is 5.44. The number of phenolic OH excluding ortho intramolecular Hbond substituents is 1. The summed E-state index contributed by atoms with van der Waals surface area (Å²) in [5, 5.41) is 11.0. The van der Waals surface area contributed by atoms with Crippen LogP contribution in [-0.2, 0) is 11.3 Å². The van der Waals surface area contributed by atoms with Crippen molar-refractivity contribution in [1.29, 1.82) is 0 Å². The molecule has 118 valence electrons. The Morgan fingerprint density at radius 3 is 2.77 bits per heavy atom. The van der Waals surface area contributed by atoms with Crippen LogP contribution < -0.4 is 0 Å². The number of fused-ring (bicyclic) bond motifs is 1. The molecule has 1 heterocycles. The zero-order chi connectivity index (χ0) is 15.9. The van der Waals surface area contributed by atoms with Crippen LogP contribution in [0.15, 0.2) is 12.1 Å². The number of phenols is 1. The molecule has 1 aliphatic carbocycles. The van der Waals surface area contributed by atoms with Crippen molar-refractivity contribution in [1.82, 2.24) is 9.88 Å². The molecule has 0 atom stereocenters. The van der Waals surface area contributed by atoms with E-state index in [1.807, 2.05) is 25.9 Å². The number of aromatic amines is 1. The molecule has 1 saturated carbocycles. The van der Waals surface area contributed by atoms with Crippen LogP contribution in [0.1, 0.15) is 34.5 Å². The lowest BCUT2D eigenvalue weighted by atomic mass is 10.0. The van der Waals surface area contributed by atoms with Gasteiger partial charge in [-0.1, -0.05) is 0 Å². The largest absolute Gasteiger partial charge is 0.508 e. The molecule has 1 fully saturated rings. The molecule has 1 aromatic heterocycles. The fraction of sp³-hybridized carbons (Fsp3) is 0.471. The number of H-pyrrole nitrogens is 1. The third kappa shape index (κ3) is 2.81. The van der Waals surface area contributed by atoms with E-state index in [0.29, 0.717) is 24.6 Å². The predicted molar refractivity (Wildman–Crippen MR) is 85.1 cm³/mol. The number of aromatic nitrogens is 1. The van der Waals surface area contributed by atoms with E-state index in [2.05, 4.69) is 4.98 Å². The molecule has 0 bridgehead atoms. The summed E-state index contributed by atoms with van der Waals surface area (Å²) in [6.45, 7) is 2.92. The molecular formula is C17H22N2O3. The Kier molecular flexibility index (Phi) is 3.83. The zero-order valence-corrected chi connectivity index (χ0v) is 13.3. The number of hydrogen-bond donors (Lipinski definition) is 2. The molecule has 0 amide bonds. The number of aryl methyl sites for hydroxylation is 1. The Labute approximate surface area is 129 Å². The lowest BCUT2D eigenvalue weighted by Gasteiger charge is -2.13. The zero-order valence-electron chi connectivity index (χ0n) is 13.3. The van der Waals surface area contributed by atoms with Crippen molar-refractivity contribution in [3.8, 4) is 5.75 Å². The van der Waals surface area contributed by atoms with Gasteiger partial charge in [0.15, 0.2) is 0 Å². The molecule has 3 rings (SSSR count). The highest BCUT2D eigenvalue weighted by Gasteiger charge is 2.26. The summed E-state index contributed by atoms with van der Waals surface area (Å²) in [7, 11) is 3.87. The molecular weight excluding hydrogens is 280 g/mol. The van der Waals surface area contributed by atoms with Crippen molar-refractivity contribution in [2.24, 2.45) is 5.92 Å². The second-order valence-corrected chi connectivity index (χ2v) is 6.39. The number of benzene rings is 1. The highest BCUT2D eigenvalue weighted by molar-refractivity contribution is 6.07. The molecule has 5 heteroatoms. The van der Waals surface area contributed by atoms with Gasteiger partial charge in [0, 0.05) is 28.7 Å². The van der Waals surface area contributed by atoms with Gasteiger partial charge in [-0.15, -0.1) is 0 Å². The van der Waals surface area contributed by atoms with E-state index >= 15 is 0 Å².